The van der Waals surface area contributed by atoms with Crippen LogP contribution in [0.5, 0.6) is 0 Å². The lowest BCUT2D eigenvalue weighted by molar-refractivity contribution is 0.0910. The van der Waals surface area contributed by atoms with Gasteiger partial charge >= 0.3 is 0 Å². The molecule has 4 N–H and O–H groups in total. The highest BCUT2D eigenvalue weighted by Gasteiger charge is 2.06. The van der Waals surface area contributed by atoms with Crippen LogP contribution in [0.2, 0.25) is 0 Å². The molecule has 0 unspecified atom stereocenters. The molecule has 0 saturated carbocycles. The van der Waals surface area contributed by atoms with Crippen LogP contribution in [0.4, 0.5) is 0 Å². The molecule has 0 aromatic carbocycles. The maximum absolute atomic E-state index is 3.53. The van der Waals surface area contributed by atoms with E-state index in [0.717, 1.165) is 39.3 Å². The van der Waals surface area contributed by atoms with Gasteiger partial charge in [0.2, 0.25) is 0 Å². The number of nitrogens with one attached hydrogen (secondary N) is 4. The molecule has 0 radical (unpaired) electrons. The summed E-state index contributed by atoms with van der Waals surface area (Å²) in [5, 5.41) is 4.43. The molecule has 0 fully saturated rings. The van der Waals surface area contributed by atoms with E-state index >= 15 is 0 Å². The third kappa shape index (κ3) is 17.2. The largest absolute Gasteiger partial charge is 0.242 e. The molecule has 0 spiro atoms. The molecule has 0 atom stereocenters. The molecule has 0 aliphatic heterocycles. The molecule has 0 rings (SSSR count). The van der Waals surface area contributed by atoms with E-state index in [4.69, 9.17) is 0 Å². The Bertz CT molecular complexity index is 219. The quantitative estimate of drug-likeness (QED) is 0.182. The van der Waals surface area contributed by atoms with Crippen LogP contribution in [0.3, 0.4) is 0 Å². The van der Waals surface area contributed by atoms with Crippen molar-refractivity contribution in [3.63, 3.8) is 0 Å². The Balaban J connectivity index is 4.04. The molecule has 0 bridgehead atoms. The third-order valence-electron chi connectivity index (χ3n) is 4.35. The van der Waals surface area contributed by atoms with Crippen molar-refractivity contribution in [2.24, 2.45) is 0 Å². The molecule has 0 aliphatic carbocycles. The first kappa shape index (κ1) is 25.8. The van der Waals surface area contributed by atoms with Gasteiger partial charge in [0.05, 0.1) is 0 Å². The molecule has 26 heavy (non-hydrogen) atoms. The molecule has 0 aliphatic rings. The van der Waals surface area contributed by atoms with Gasteiger partial charge in [-0.2, -0.15) is 10.2 Å². The Morgan fingerprint density at radius 1 is 0.423 bits per heavy atom. The number of hydrogen-bond donors (Lipinski definition) is 4. The van der Waals surface area contributed by atoms with E-state index in [1.165, 1.54) is 64.2 Å². The highest BCUT2D eigenvalue weighted by molar-refractivity contribution is 4.54. The minimum atomic E-state index is 1.05. The van der Waals surface area contributed by atoms with Gasteiger partial charge in [0.1, 0.15) is 0 Å². The Kier molecular flexibility index (Phi) is 20.9. The fraction of sp³-hybridized carbons (Fsp3) is 1.00. The summed E-state index contributed by atoms with van der Waals surface area (Å²) in [6.45, 7) is 15.3. The normalized spacial score (nSPS) is 11.8. The number of nitrogens with zero attached hydrogens (tertiary/aromatic N) is 2. The van der Waals surface area contributed by atoms with Crippen LogP contribution < -0.4 is 21.7 Å². The zero-order valence-electron chi connectivity index (χ0n) is 18.2. The van der Waals surface area contributed by atoms with Crippen molar-refractivity contribution >= 4 is 0 Å². The maximum atomic E-state index is 3.53. The summed E-state index contributed by atoms with van der Waals surface area (Å²) in [6.07, 6.45) is 12.2. The van der Waals surface area contributed by atoms with Crippen LogP contribution in [0.1, 0.15) is 91.9 Å². The fourth-order valence-electron chi connectivity index (χ4n) is 2.53. The molecule has 6 heteroatoms. The minimum absolute atomic E-state index is 1.05. The number of hydrogen-bond acceptors (Lipinski definition) is 6. The molecule has 6 nitrogen and oxygen atoms in total. The van der Waals surface area contributed by atoms with Crippen molar-refractivity contribution in [2.45, 2.75) is 91.9 Å². The van der Waals surface area contributed by atoms with Crippen LogP contribution in [0, 0.1) is 0 Å². The summed E-state index contributed by atoms with van der Waals surface area (Å²) in [6, 6.07) is 0. The first-order valence-electron chi connectivity index (χ1n) is 11.3. The van der Waals surface area contributed by atoms with Crippen molar-refractivity contribution in [1.82, 2.24) is 31.9 Å². The van der Waals surface area contributed by atoms with Gasteiger partial charge in [-0.3, -0.25) is 0 Å². The van der Waals surface area contributed by atoms with Gasteiger partial charge in [-0.05, 0) is 38.5 Å². The highest BCUT2D eigenvalue weighted by atomic mass is 15.7. The predicted octanol–water partition coefficient (Wildman–Crippen LogP) is 3.59. The molecular formula is C20H48N6. The molecule has 0 amide bonds. The molecule has 0 aromatic heterocycles. The Morgan fingerprint density at radius 3 is 0.923 bits per heavy atom. The summed E-state index contributed by atoms with van der Waals surface area (Å²) < 4.78 is 0. The molecule has 0 saturated heterocycles. The molecule has 158 valence electrons. The van der Waals surface area contributed by atoms with Gasteiger partial charge in [-0.1, -0.05) is 53.4 Å². The topological polar surface area (TPSA) is 54.6 Å². The number of rotatable bonds is 21. The van der Waals surface area contributed by atoms with Gasteiger partial charge in [0, 0.05) is 39.3 Å². The molecule has 0 aromatic rings. The molecular weight excluding hydrogens is 324 g/mol. The van der Waals surface area contributed by atoms with Crippen LogP contribution in [-0.4, -0.2) is 49.5 Å². The van der Waals surface area contributed by atoms with Crippen molar-refractivity contribution in [1.29, 1.82) is 0 Å². The summed E-state index contributed by atoms with van der Waals surface area (Å²) in [7, 11) is 0. The van der Waals surface area contributed by atoms with Crippen molar-refractivity contribution in [3.05, 3.63) is 0 Å². The number of hydrazine groups is 4. The zero-order chi connectivity index (χ0) is 19.3. The van der Waals surface area contributed by atoms with Crippen LogP contribution in [-0.2, 0) is 0 Å². The standard InChI is InChI=1S/C20H48N6/c1-5-9-15-21-25(22-16-10-6-2)19-13-14-20-26(23-17-11-7-3)24-18-12-8-4/h21-24H,5-20H2,1-4H3. The maximum Gasteiger partial charge on any atom is 0.0288 e. The first-order chi connectivity index (χ1) is 12.8. The average Bonchev–Trinajstić information content (AvgIpc) is 2.64. The Labute approximate surface area is 163 Å². The smallest absolute Gasteiger partial charge is 0.0288 e. The van der Waals surface area contributed by atoms with Crippen LogP contribution in [0.15, 0.2) is 0 Å². The minimum Gasteiger partial charge on any atom is -0.242 e. The van der Waals surface area contributed by atoms with Crippen molar-refractivity contribution < 1.29 is 0 Å². The lowest BCUT2D eigenvalue weighted by atomic mass is 10.3. The average molecular weight is 373 g/mol. The predicted molar refractivity (Wildman–Crippen MR) is 114 cm³/mol. The van der Waals surface area contributed by atoms with E-state index in [1.54, 1.807) is 0 Å². The first-order valence-corrected chi connectivity index (χ1v) is 11.3. The second-order valence-electron chi connectivity index (χ2n) is 7.06. The summed E-state index contributed by atoms with van der Waals surface area (Å²) in [5.74, 6) is 0. The summed E-state index contributed by atoms with van der Waals surface area (Å²) >= 11 is 0. The van der Waals surface area contributed by atoms with Crippen LogP contribution in [0.25, 0.3) is 0 Å². The SMILES string of the molecule is CCCCNN(CCCCN(NCCCC)NCCCC)NCCCC. The van der Waals surface area contributed by atoms with Gasteiger partial charge in [0.25, 0.3) is 0 Å². The van der Waals surface area contributed by atoms with Gasteiger partial charge in [0.15, 0.2) is 0 Å². The van der Waals surface area contributed by atoms with E-state index in [9.17, 15) is 0 Å². The zero-order valence-corrected chi connectivity index (χ0v) is 18.2. The third-order valence-corrected chi connectivity index (χ3v) is 4.35. The van der Waals surface area contributed by atoms with Crippen LogP contribution >= 0.6 is 0 Å². The Morgan fingerprint density at radius 2 is 0.692 bits per heavy atom. The lowest BCUT2D eigenvalue weighted by Crippen LogP contribution is -2.50. The van der Waals surface area contributed by atoms with Gasteiger partial charge < -0.3 is 0 Å². The van der Waals surface area contributed by atoms with Gasteiger partial charge in [-0.25, -0.2) is 21.7 Å². The number of unbranched alkanes of at least 4 members (excludes halogenated alkanes) is 5. The van der Waals surface area contributed by atoms with E-state index in [1.807, 2.05) is 0 Å². The van der Waals surface area contributed by atoms with E-state index in [0.29, 0.717) is 0 Å². The van der Waals surface area contributed by atoms with Crippen molar-refractivity contribution in [2.75, 3.05) is 39.3 Å². The van der Waals surface area contributed by atoms with E-state index in [-0.39, 0.29) is 0 Å². The highest BCUT2D eigenvalue weighted by Crippen LogP contribution is 1.96. The van der Waals surface area contributed by atoms with Crippen molar-refractivity contribution in [3.8, 4) is 0 Å². The second kappa shape index (κ2) is 21.1. The fourth-order valence-corrected chi connectivity index (χ4v) is 2.53. The van der Waals surface area contributed by atoms with E-state index < -0.39 is 0 Å². The Hall–Kier alpha value is -0.240. The summed E-state index contributed by atoms with van der Waals surface area (Å²) in [5.41, 5.74) is 14.1. The second-order valence-corrected chi connectivity index (χ2v) is 7.06. The summed E-state index contributed by atoms with van der Waals surface area (Å²) in [4.78, 5) is 0. The molecule has 0 heterocycles. The van der Waals surface area contributed by atoms with Gasteiger partial charge in [-0.15, -0.1) is 0 Å². The monoisotopic (exact) mass is 372 g/mol. The van der Waals surface area contributed by atoms with E-state index in [2.05, 4.69) is 59.6 Å². The lowest BCUT2D eigenvalue weighted by Gasteiger charge is -2.26.